The minimum Gasteiger partial charge on any atom is -0.870 e. The van der Waals surface area contributed by atoms with Crippen LogP contribution in [0.3, 0.4) is 0 Å². The molecule has 6 aromatic carbocycles. The van der Waals surface area contributed by atoms with Gasteiger partial charge < -0.3 is 51.5 Å². The average molecular weight is 1660 g/mol. The van der Waals surface area contributed by atoms with E-state index < -0.39 is 5.97 Å². The number of ketones is 1. The number of carboxylic acid groups (broad SMARTS) is 1. The first-order valence-electron chi connectivity index (χ1n) is 36.5. The van der Waals surface area contributed by atoms with Crippen molar-refractivity contribution in [3.8, 4) is 0 Å². The van der Waals surface area contributed by atoms with Gasteiger partial charge in [-0.05, 0) is 186 Å². The van der Waals surface area contributed by atoms with Crippen molar-refractivity contribution in [2.45, 2.75) is 168 Å². The number of benzene rings is 6. The molecule has 4 aliphatic rings. The fourth-order valence-corrected chi connectivity index (χ4v) is 12.5. The first-order chi connectivity index (χ1) is 50.0. The van der Waals surface area contributed by atoms with Gasteiger partial charge in [-0.2, -0.15) is 0 Å². The second-order valence-electron chi connectivity index (χ2n) is 25.8. The summed E-state index contributed by atoms with van der Waals surface area (Å²) in [5, 5.41) is 13.6. The number of anilines is 6. The van der Waals surface area contributed by atoms with E-state index in [-0.39, 0.29) is 80.7 Å². The predicted octanol–water partition coefficient (Wildman–Crippen LogP) is 15.2. The van der Waals surface area contributed by atoms with Crippen LogP contribution in [0.1, 0.15) is 172 Å². The van der Waals surface area contributed by atoms with Gasteiger partial charge in [0.15, 0.2) is 0 Å². The van der Waals surface area contributed by atoms with Gasteiger partial charge in [-0.3, -0.25) is 19.6 Å². The topological polar surface area (TPSA) is 254 Å². The average Bonchev–Trinajstić information content (AvgIpc) is 0.890. The van der Waals surface area contributed by atoms with Crippen LogP contribution in [0, 0.1) is 31.1 Å². The Labute approximate surface area is 669 Å². The molecule has 556 valence electrons. The second-order valence-corrected chi connectivity index (χ2v) is 25.8. The molecule has 2 radical (unpaired) electrons. The number of carbonyl (C=O) groups is 5. The van der Waals surface area contributed by atoms with E-state index in [9.17, 15) is 24.0 Å². The molecule has 0 spiro atoms. The first kappa shape index (κ1) is 91.5. The number of carboxylic acids is 1. The number of nitrogens with one attached hydrogen (secondary N) is 1. The first-order valence-corrected chi connectivity index (χ1v) is 35.9. The molecule has 4 saturated carbocycles. The number of aliphatic carboxylic acids is 1. The Morgan fingerprint density at radius 3 is 1.21 bits per heavy atom. The maximum Gasteiger partial charge on any atom is 1.00 e. The zero-order valence-corrected chi connectivity index (χ0v) is 66.5. The normalized spacial score (nSPS) is 14.2. The number of pyridine rings is 2. The molecule has 20 heteroatoms. The molecule has 12 rings (SSSR count). The van der Waals surface area contributed by atoms with Crippen molar-refractivity contribution in [2.24, 2.45) is 0 Å². The van der Waals surface area contributed by atoms with E-state index in [0.29, 0.717) is 54.2 Å². The molecule has 17 nitrogen and oxygen atoms in total. The number of hydrogen-bond acceptors (Lipinski definition) is 15. The van der Waals surface area contributed by atoms with Crippen LogP contribution in [0.4, 0.5) is 34.1 Å². The number of hydrogen-bond donors (Lipinski definition) is 4. The number of aromatic nitrogens is 2. The van der Waals surface area contributed by atoms with Crippen molar-refractivity contribution in [2.75, 3.05) is 65.8 Å². The summed E-state index contributed by atoms with van der Waals surface area (Å²) in [6.45, 7) is 4.38. The fourth-order valence-electron chi connectivity index (χ4n) is 12.5. The molecule has 8 aromatic rings. The number of carbonyl (C=O) groups excluding carboxylic acids is 4. The van der Waals surface area contributed by atoms with Gasteiger partial charge in [-0.25, -0.2) is 14.4 Å². The van der Waals surface area contributed by atoms with Gasteiger partial charge in [0.25, 0.3) is 0 Å². The third-order valence-corrected chi connectivity index (χ3v) is 18.3. The predicted molar refractivity (Wildman–Crippen MR) is 433 cm³/mol. The molecule has 2 aromatic heterocycles. The Bertz CT molecular complexity index is 3970. The molecule has 7 N–H and O–H groups in total. The van der Waals surface area contributed by atoms with Crippen LogP contribution in [0.5, 0.6) is 0 Å². The van der Waals surface area contributed by atoms with Gasteiger partial charge in [-0.15, -0.1) is 0 Å². The van der Waals surface area contributed by atoms with Crippen molar-refractivity contribution in [3.05, 3.63) is 217 Å². The van der Waals surface area contributed by atoms with Crippen molar-refractivity contribution >= 4 is 118 Å². The van der Waals surface area contributed by atoms with E-state index in [0.717, 1.165) is 69.7 Å². The molecule has 0 saturated heterocycles. The zero-order valence-electron chi connectivity index (χ0n) is 63.3. The largest absolute Gasteiger partial charge is 1.00 e. The Hall–Kier alpha value is -8.68. The van der Waals surface area contributed by atoms with Crippen LogP contribution in [0.15, 0.2) is 194 Å². The quantitative estimate of drug-likeness (QED) is 0.0286. The molecule has 0 unspecified atom stereocenters. The van der Waals surface area contributed by atoms with Crippen LogP contribution in [0.25, 0.3) is 46.1 Å². The van der Waals surface area contributed by atoms with E-state index >= 15 is 0 Å². The number of ether oxygens (including phenoxy) is 2. The Morgan fingerprint density at radius 2 is 0.840 bits per heavy atom. The van der Waals surface area contributed by atoms with Gasteiger partial charge in [0.2, 0.25) is 5.91 Å². The van der Waals surface area contributed by atoms with E-state index in [4.69, 9.17) is 27.4 Å². The van der Waals surface area contributed by atoms with Gasteiger partial charge in [0, 0.05) is 149 Å². The summed E-state index contributed by atoms with van der Waals surface area (Å²) in [6.07, 6.45) is 40.9. The van der Waals surface area contributed by atoms with Crippen molar-refractivity contribution in [1.82, 2.24) is 9.97 Å². The number of esters is 2. The van der Waals surface area contributed by atoms with Crippen LogP contribution in [-0.4, -0.2) is 112 Å². The summed E-state index contributed by atoms with van der Waals surface area (Å²) in [6, 6.07) is 53.6. The van der Waals surface area contributed by atoms with Crippen LogP contribution in [-0.2, 0) is 33.4 Å². The van der Waals surface area contributed by atoms with Gasteiger partial charge in [0.1, 0.15) is 5.78 Å². The summed E-state index contributed by atoms with van der Waals surface area (Å²) in [5.74, 6) is -1.23. The number of para-hydroxylation sites is 2. The van der Waals surface area contributed by atoms with Crippen LogP contribution in [0.2, 0.25) is 0 Å². The molecule has 4 aliphatic carbocycles. The van der Waals surface area contributed by atoms with Crippen molar-refractivity contribution in [3.63, 3.8) is 0 Å². The molecule has 0 aliphatic heterocycles. The SMILES string of the molecule is C.CCOC(=O)/C=C/c1ccc(N(C)C2CCCCC2)cc1.CCOC(=O)/C=C\c1ccc(N)cc1.CN(c1ccc(/C=C/C(=O)Nc2cnc3ccccc3c2)cc1)C1CCCCC1.CN(c1ccc(/C=C/C(=O)O)cc1)C1CCCCC1.Nc1cnc2ccccc2c1.O=C1CCCCC1.[3H][B].[Li+].[OH-].[U]. The molecule has 106 heavy (non-hydrogen) atoms. The number of fused-ring (bicyclic) bond motifs is 2. The third kappa shape index (κ3) is 34.3. The Balaban J connectivity index is 0.000000449. The Kier molecular flexibility index (Phi) is 45.2. The Morgan fingerprint density at radius 1 is 0.500 bits per heavy atom. The minimum absolute atomic E-state index is 0. The van der Waals surface area contributed by atoms with Gasteiger partial charge >= 0.3 is 36.8 Å². The van der Waals surface area contributed by atoms with Gasteiger partial charge in [0.05, 0.1) is 48.0 Å². The standard InChI is InChI=1S/C25H27N3O.C18H25NO2.C16H21NO2.C11H13NO2.C9H8N2.C6H10O.CH4.BH.Li.H2O.U/c1-28(22-8-3-2-4-9-22)23-14-11-19(12-15-23)13-16-25(29)27-21-17-20-7-5-6-10-24(20)26-18-21;1-3-21-18(20)14-11-15-9-12-17(13-10-15)19(2)16-7-5-4-6-8-16;1-17(14-5-3-2-4-6-14)15-10-7-13(8-11-15)9-12-16(18)19;1-2-14-11(13)8-5-9-3-6-10(12)7-4-9;10-8-5-7-3-1-2-4-9(7)11-6-8;7-6-4-2-1-3-5-6;;;;;/h5-7,10-18,22H,2-4,8-9H2,1H3,(H,27,29);9-14,16H,3-8H2,1-2H3;7-12,14H,2-6H2,1H3,(H,18,19);3-8H,2,12H2,1H3;1-6H,10H2;1-5H2;1H4;1H;;1H2;/q;;;;;;;;+1;;/p-1/b16-13+;14-11+;12-9+;8-5-;;;;;;;/i;;;;;;;1T;;;. The third-order valence-electron chi connectivity index (χ3n) is 18.3. The molecule has 0 bridgehead atoms. The maximum atomic E-state index is 12.3. The summed E-state index contributed by atoms with van der Waals surface area (Å²) in [4.78, 5) is 71.1. The molecular formula is C86H110BLiN8O9U. The molecule has 1 amide bonds. The number of nitrogens with two attached hydrogens (primary N) is 2. The summed E-state index contributed by atoms with van der Waals surface area (Å²) in [5.41, 5.74) is 22.7. The van der Waals surface area contributed by atoms with Gasteiger partial charge in [-0.1, -0.05) is 157 Å². The molecular weight excluding hydrogens is 1540 g/mol. The monoisotopic (exact) mass is 1660 g/mol. The number of amides is 1. The minimum atomic E-state index is -0.914. The number of nitrogen functional groups attached to an aromatic ring is 2. The zero-order chi connectivity index (χ0) is 74.0. The van der Waals surface area contributed by atoms with Crippen molar-refractivity contribution in [1.29, 1.82) is 1.34 Å². The molecule has 2 heterocycles. The summed E-state index contributed by atoms with van der Waals surface area (Å²) >= 11 is 0. The number of Topliss-reactive ketones (excluding diaryl/α,β-unsaturated/α-hetero) is 1. The number of rotatable bonds is 17. The summed E-state index contributed by atoms with van der Waals surface area (Å²) in [7, 11) is 10.3. The maximum absolute atomic E-state index is 12.3. The van der Waals surface area contributed by atoms with E-state index in [1.165, 1.54) is 138 Å². The summed E-state index contributed by atoms with van der Waals surface area (Å²) < 4.78 is 14.9. The van der Waals surface area contributed by atoms with E-state index in [1.54, 1.807) is 55.8 Å². The smallest absolute Gasteiger partial charge is 0.870 e. The van der Waals surface area contributed by atoms with Crippen LogP contribution < -0.4 is 50.3 Å². The van der Waals surface area contributed by atoms with Crippen LogP contribution >= 0.6 is 0 Å². The molecule has 4 fully saturated rings. The second kappa shape index (κ2) is 52.3. The number of nitrogens with zero attached hydrogens (tertiary/aromatic N) is 5. The van der Waals surface area contributed by atoms with Crippen molar-refractivity contribution < 1.29 is 94.0 Å². The van der Waals surface area contributed by atoms with E-state index in [1.807, 2.05) is 110 Å². The fraction of sp³-hybridized carbons (Fsp3) is 0.360. The molecule has 0 atom stereocenters. The van der Waals surface area contributed by atoms with E-state index in [2.05, 4.69) is 108 Å².